The van der Waals surface area contributed by atoms with Crippen LogP contribution in [0, 0.1) is 22.9 Å². The summed E-state index contributed by atoms with van der Waals surface area (Å²) in [6.45, 7) is 3.19. The number of hydrogen-bond donors (Lipinski definition) is 1. The number of nitrogens with one attached hydrogen (secondary N) is 1. The molecule has 1 aliphatic heterocycles. The highest BCUT2D eigenvalue weighted by atomic mass is 19.1. The number of non-ortho nitro benzene ring substituents is 1. The SMILES string of the molecule is Cc1nnnn1-c1ccc(F)c(NC(=O)c2cc([N+](=O)[O-])ccc2N2CCCCC2)c1. The Kier molecular flexibility index (Phi) is 5.56. The molecule has 4 rings (SSSR count). The van der Waals surface area contributed by atoms with Gasteiger partial charge < -0.3 is 10.2 Å². The number of rotatable bonds is 5. The van der Waals surface area contributed by atoms with E-state index in [0.717, 1.165) is 32.4 Å². The third-order valence-electron chi connectivity index (χ3n) is 5.20. The molecule has 11 heteroatoms. The van der Waals surface area contributed by atoms with Gasteiger partial charge in [-0.1, -0.05) is 0 Å². The lowest BCUT2D eigenvalue weighted by Gasteiger charge is -2.30. The van der Waals surface area contributed by atoms with Crippen molar-refractivity contribution in [2.45, 2.75) is 26.2 Å². The number of benzene rings is 2. The number of aromatic nitrogens is 4. The zero-order valence-corrected chi connectivity index (χ0v) is 16.8. The highest BCUT2D eigenvalue weighted by Gasteiger charge is 2.23. The second-order valence-electron chi connectivity index (χ2n) is 7.26. The van der Waals surface area contributed by atoms with Gasteiger partial charge in [-0.15, -0.1) is 5.10 Å². The molecule has 10 nitrogen and oxygen atoms in total. The Morgan fingerprint density at radius 1 is 1.16 bits per heavy atom. The Bertz CT molecular complexity index is 1140. The Morgan fingerprint density at radius 3 is 2.61 bits per heavy atom. The normalized spacial score (nSPS) is 13.8. The first-order chi connectivity index (χ1) is 14.9. The van der Waals surface area contributed by atoms with E-state index in [1.54, 1.807) is 13.0 Å². The lowest BCUT2D eigenvalue weighted by molar-refractivity contribution is -0.384. The van der Waals surface area contributed by atoms with E-state index in [4.69, 9.17) is 0 Å². The van der Waals surface area contributed by atoms with Crippen molar-refractivity contribution in [3.63, 3.8) is 0 Å². The molecule has 1 aromatic heterocycles. The van der Waals surface area contributed by atoms with Gasteiger partial charge >= 0.3 is 0 Å². The van der Waals surface area contributed by atoms with Gasteiger partial charge in [-0.05, 0) is 60.9 Å². The van der Waals surface area contributed by atoms with Crippen LogP contribution in [-0.2, 0) is 0 Å². The van der Waals surface area contributed by atoms with Crippen LogP contribution in [0.25, 0.3) is 5.69 Å². The number of hydrogen-bond acceptors (Lipinski definition) is 7. The fraction of sp³-hybridized carbons (Fsp3) is 0.300. The standard InChI is InChI=1S/C20H20FN7O3/c1-13-23-24-25-27(13)14-5-7-17(21)18(12-14)22-20(29)16-11-15(28(30)31)6-8-19(16)26-9-3-2-4-10-26/h5-8,11-12H,2-4,9-10H2,1H3,(H,22,29). The van der Waals surface area contributed by atoms with Crippen molar-refractivity contribution in [3.05, 3.63) is 63.7 Å². The Labute approximate surface area is 176 Å². The first-order valence-electron chi connectivity index (χ1n) is 9.83. The summed E-state index contributed by atoms with van der Waals surface area (Å²) < 4.78 is 15.9. The molecule has 0 aliphatic carbocycles. The summed E-state index contributed by atoms with van der Waals surface area (Å²) in [4.78, 5) is 25.8. The summed E-state index contributed by atoms with van der Waals surface area (Å²) >= 11 is 0. The summed E-state index contributed by atoms with van der Waals surface area (Å²) in [7, 11) is 0. The number of aryl methyl sites for hydroxylation is 1. The van der Waals surface area contributed by atoms with Crippen molar-refractivity contribution in [1.82, 2.24) is 20.2 Å². The summed E-state index contributed by atoms with van der Waals surface area (Å²) in [6.07, 6.45) is 3.04. The van der Waals surface area contributed by atoms with E-state index in [9.17, 15) is 19.3 Å². The number of carbonyl (C=O) groups excluding carboxylic acids is 1. The molecule has 3 aromatic rings. The third-order valence-corrected chi connectivity index (χ3v) is 5.20. The summed E-state index contributed by atoms with van der Waals surface area (Å²) in [5, 5.41) is 25.0. The molecule has 1 fully saturated rings. The fourth-order valence-electron chi connectivity index (χ4n) is 3.63. The Hall–Kier alpha value is -3.89. The first kappa shape index (κ1) is 20.4. The third kappa shape index (κ3) is 4.20. The van der Waals surface area contributed by atoms with E-state index in [2.05, 4.69) is 20.8 Å². The molecule has 1 saturated heterocycles. The monoisotopic (exact) mass is 425 g/mol. The number of nitro benzene ring substituents is 1. The van der Waals surface area contributed by atoms with Gasteiger partial charge in [-0.3, -0.25) is 14.9 Å². The van der Waals surface area contributed by atoms with E-state index >= 15 is 0 Å². The molecule has 0 saturated carbocycles. The second kappa shape index (κ2) is 8.46. The zero-order valence-electron chi connectivity index (χ0n) is 16.8. The molecule has 31 heavy (non-hydrogen) atoms. The van der Waals surface area contributed by atoms with Crippen LogP contribution < -0.4 is 10.2 Å². The van der Waals surface area contributed by atoms with Crippen LogP contribution in [0.3, 0.4) is 0 Å². The average Bonchev–Trinajstić information content (AvgIpc) is 3.21. The van der Waals surface area contributed by atoms with Gasteiger partial charge in [0.15, 0.2) is 5.82 Å². The molecule has 0 spiro atoms. The predicted octanol–water partition coefficient (Wildman–Crippen LogP) is 3.26. The van der Waals surface area contributed by atoms with Crippen molar-refractivity contribution in [3.8, 4) is 5.69 Å². The number of nitrogens with zero attached hydrogens (tertiary/aromatic N) is 6. The van der Waals surface area contributed by atoms with E-state index in [0.29, 0.717) is 17.2 Å². The molecule has 2 aromatic carbocycles. The number of anilines is 2. The summed E-state index contributed by atoms with van der Waals surface area (Å²) in [5.41, 5.74) is 0.905. The molecular formula is C20H20FN7O3. The molecular weight excluding hydrogens is 405 g/mol. The number of tetrazole rings is 1. The smallest absolute Gasteiger partial charge is 0.270 e. The molecule has 1 amide bonds. The summed E-state index contributed by atoms with van der Waals surface area (Å²) in [6, 6.07) is 8.28. The van der Waals surface area contributed by atoms with E-state index < -0.39 is 16.6 Å². The van der Waals surface area contributed by atoms with Crippen LogP contribution >= 0.6 is 0 Å². The molecule has 1 aliphatic rings. The van der Waals surface area contributed by atoms with E-state index in [1.807, 2.05) is 4.90 Å². The van der Waals surface area contributed by atoms with Crippen molar-refractivity contribution >= 4 is 23.0 Å². The van der Waals surface area contributed by atoms with Crippen LogP contribution in [0.2, 0.25) is 0 Å². The molecule has 0 bridgehead atoms. The Balaban J connectivity index is 1.69. The maximum Gasteiger partial charge on any atom is 0.270 e. The van der Waals surface area contributed by atoms with Gasteiger partial charge in [0.25, 0.3) is 11.6 Å². The second-order valence-corrected chi connectivity index (χ2v) is 7.26. The van der Waals surface area contributed by atoms with Crippen LogP contribution in [0.5, 0.6) is 0 Å². The zero-order chi connectivity index (χ0) is 22.0. The largest absolute Gasteiger partial charge is 0.371 e. The van der Waals surface area contributed by atoms with Crippen molar-refractivity contribution in [2.24, 2.45) is 0 Å². The van der Waals surface area contributed by atoms with Gasteiger partial charge in [0.1, 0.15) is 5.82 Å². The van der Waals surface area contributed by atoms with Crippen molar-refractivity contribution < 1.29 is 14.1 Å². The summed E-state index contributed by atoms with van der Waals surface area (Å²) in [5.74, 6) is -0.781. The first-order valence-corrected chi connectivity index (χ1v) is 9.83. The van der Waals surface area contributed by atoms with Crippen LogP contribution in [0.15, 0.2) is 36.4 Å². The highest BCUT2D eigenvalue weighted by Crippen LogP contribution is 2.29. The molecule has 160 valence electrons. The molecule has 1 N–H and O–H groups in total. The van der Waals surface area contributed by atoms with Crippen molar-refractivity contribution in [2.75, 3.05) is 23.3 Å². The van der Waals surface area contributed by atoms with E-state index in [1.165, 1.54) is 35.0 Å². The van der Waals surface area contributed by atoms with Gasteiger partial charge in [-0.25, -0.2) is 4.39 Å². The number of nitro groups is 1. The van der Waals surface area contributed by atoms with Crippen LogP contribution in [0.4, 0.5) is 21.5 Å². The molecule has 2 heterocycles. The lowest BCUT2D eigenvalue weighted by atomic mass is 10.1. The number of carbonyl (C=O) groups is 1. The quantitative estimate of drug-likeness (QED) is 0.492. The van der Waals surface area contributed by atoms with Crippen LogP contribution in [0.1, 0.15) is 35.4 Å². The van der Waals surface area contributed by atoms with Crippen LogP contribution in [-0.4, -0.2) is 44.1 Å². The van der Waals surface area contributed by atoms with Crippen molar-refractivity contribution in [1.29, 1.82) is 0 Å². The Morgan fingerprint density at radius 2 is 1.94 bits per heavy atom. The highest BCUT2D eigenvalue weighted by molar-refractivity contribution is 6.08. The maximum absolute atomic E-state index is 14.5. The number of amides is 1. The topological polar surface area (TPSA) is 119 Å². The van der Waals surface area contributed by atoms with Gasteiger partial charge in [0.2, 0.25) is 0 Å². The minimum Gasteiger partial charge on any atom is -0.371 e. The minimum atomic E-state index is -0.646. The number of halogens is 1. The van der Waals surface area contributed by atoms with Gasteiger partial charge in [0.05, 0.1) is 27.5 Å². The predicted molar refractivity (Wildman–Crippen MR) is 111 cm³/mol. The van der Waals surface area contributed by atoms with Gasteiger partial charge in [0, 0.05) is 25.2 Å². The van der Waals surface area contributed by atoms with E-state index in [-0.39, 0.29) is 16.9 Å². The molecule has 0 atom stereocenters. The fourth-order valence-corrected chi connectivity index (χ4v) is 3.63. The molecule has 0 unspecified atom stereocenters. The molecule has 0 radical (unpaired) electrons. The lowest BCUT2D eigenvalue weighted by Crippen LogP contribution is -2.31. The number of piperidine rings is 1. The van der Waals surface area contributed by atoms with Gasteiger partial charge in [-0.2, -0.15) is 4.68 Å². The minimum absolute atomic E-state index is 0.0755. The maximum atomic E-state index is 14.5. The average molecular weight is 425 g/mol.